The van der Waals surface area contributed by atoms with Crippen LogP contribution in [-0.4, -0.2) is 28.3 Å². The van der Waals surface area contributed by atoms with Gasteiger partial charge < -0.3 is 10.1 Å². The first-order valence-corrected chi connectivity index (χ1v) is 9.70. The summed E-state index contributed by atoms with van der Waals surface area (Å²) < 4.78 is 33.3. The molecule has 0 saturated carbocycles. The van der Waals surface area contributed by atoms with Crippen LogP contribution in [0.1, 0.15) is 15.4 Å². The van der Waals surface area contributed by atoms with Crippen LogP contribution in [0, 0.1) is 18.6 Å². The van der Waals surface area contributed by atoms with Crippen molar-refractivity contribution < 1.29 is 23.1 Å². The minimum atomic E-state index is -0.917. The Balaban J connectivity index is 1.46. The van der Waals surface area contributed by atoms with Crippen molar-refractivity contribution in [2.45, 2.75) is 6.92 Å². The average Bonchev–Trinajstić information content (AvgIpc) is 3.30. The number of hydrogen-bond acceptors (Lipinski definition) is 5. The summed E-state index contributed by atoms with van der Waals surface area (Å²) in [6, 6.07) is 13.9. The molecule has 0 aliphatic heterocycles. The van der Waals surface area contributed by atoms with Crippen molar-refractivity contribution in [3.05, 3.63) is 76.8 Å². The number of rotatable bonds is 5. The Hall–Kier alpha value is -3.59. The number of ether oxygens (including phenoxy) is 1. The minimum Gasteiger partial charge on any atom is -0.451 e. The number of nitrogens with zero attached hydrogens (tertiary/aromatic N) is 2. The molecule has 0 aliphatic carbocycles. The molecule has 0 bridgehead atoms. The van der Waals surface area contributed by atoms with Crippen molar-refractivity contribution in [1.82, 2.24) is 9.78 Å². The maximum Gasteiger partial charge on any atom is 0.348 e. The Morgan fingerprint density at radius 1 is 1.13 bits per heavy atom. The summed E-state index contributed by atoms with van der Waals surface area (Å²) >= 11 is 1.20. The predicted octanol–water partition coefficient (Wildman–Crippen LogP) is 4.47. The van der Waals surface area contributed by atoms with E-state index in [2.05, 4.69) is 10.4 Å². The number of nitrogens with one attached hydrogen (secondary N) is 1. The summed E-state index contributed by atoms with van der Waals surface area (Å²) in [6.07, 6.45) is 0. The van der Waals surface area contributed by atoms with Crippen molar-refractivity contribution in [2.75, 3.05) is 11.9 Å². The van der Waals surface area contributed by atoms with Gasteiger partial charge in [0, 0.05) is 11.5 Å². The second-order valence-electron chi connectivity index (χ2n) is 6.41. The molecule has 0 radical (unpaired) electrons. The van der Waals surface area contributed by atoms with Crippen LogP contribution in [0.3, 0.4) is 0 Å². The van der Waals surface area contributed by atoms with Gasteiger partial charge in [-0.25, -0.2) is 18.3 Å². The van der Waals surface area contributed by atoms with Gasteiger partial charge in [0.1, 0.15) is 21.3 Å². The molecule has 0 spiro atoms. The first-order chi connectivity index (χ1) is 14.4. The molecule has 0 unspecified atom stereocenters. The van der Waals surface area contributed by atoms with Crippen molar-refractivity contribution in [3.63, 3.8) is 0 Å². The van der Waals surface area contributed by atoms with E-state index >= 15 is 0 Å². The van der Waals surface area contributed by atoms with E-state index in [0.29, 0.717) is 10.9 Å². The van der Waals surface area contributed by atoms with E-state index in [1.807, 2.05) is 37.3 Å². The molecule has 6 nitrogen and oxygen atoms in total. The number of carbonyl (C=O) groups excluding carboxylic acids is 2. The third-order valence-corrected chi connectivity index (χ3v) is 5.38. The van der Waals surface area contributed by atoms with Gasteiger partial charge in [-0.15, -0.1) is 11.3 Å². The molecule has 0 aliphatic rings. The number of thiophene rings is 1. The van der Waals surface area contributed by atoms with Crippen LogP contribution in [0.5, 0.6) is 0 Å². The molecule has 1 N–H and O–H groups in total. The molecule has 0 fully saturated rings. The maximum absolute atomic E-state index is 13.6. The zero-order valence-electron chi connectivity index (χ0n) is 15.7. The van der Waals surface area contributed by atoms with Crippen LogP contribution >= 0.6 is 11.3 Å². The number of esters is 1. The number of para-hydroxylation sites is 1. The Morgan fingerprint density at radius 2 is 1.90 bits per heavy atom. The van der Waals surface area contributed by atoms with E-state index in [-0.39, 0.29) is 5.69 Å². The van der Waals surface area contributed by atoms with Crippen LogP contribution in [0.2, 0.25) is 0 Å². The van der Waals surface area contributed by atoms with E-state index in [1.54, 1.807) is 10.7 Å². The summed E-state index contributed by atoms with van der Waals surface area (Å²) in [4.78, 5) is 25.4. The fourth-order valence-electron chi connectivity index (χ4n) is 2.87. The van der Waals surface area contributed by atoms with Crippen molar-refractivity contribution >= 4 is 39.1 Å². The largest absolute Gasteiger partial charge is 0.451 e. The highest BCUT2D eigenvalue weighted by atomic mass is 32.1. The normalized spacial score (nSPS) is 10.9. The van der Waals surface area contributed by atoms with Crippen LogP contribution in [0.25, 0.3) is 15.9 Å². The molecule has 0 atom stereocenters. The summed E-state index contributed by atoms with van der Waals surface area (Å²) in [5, 5.41) is 7.56. The molecule has 2 heterocycles. The molecule has 0 saturated heterocycles. The second kappa shape index (κ2) is 8.03. The van der Waals surface area contributed by atoms with Gasteiger partial charge in [-0.3, -0.25) is 4.79 Å². The van der Waals surface area contributed by atoms with Crippen LogP contribution in [0.15, 0.2) is 54.6 Å². The summed E-state index contributed by atoms with van der Waals surface area (Å²) in [6.45, 7) is 1.24. The summed E-state index contributed by atoms with van der Waals surface area (Å²) in [5.74, 6) is -3.09. The molecule has 152 valence electrons. The lowest BCUT2D eigenvalue weighted by molar-refractivity contribution is -0.119. The zero-order valence-corrected chi connectivity index (χ0v) is 16.5. The Bertz CT molecular complexity index is 1250. The minimum absolute atomic E-state index is 0.196. The smallest absolute Gasteiger partial charge is 0.348 e. The van der Waals surface area contributed by atoms with Gasteiger partial charge in [-0.05, 0) is 37.3 Å². The van der Waals surface area contributed by atoms with Gasteiger partial charge in [0.15, 0.2) is 6.61 Å². The molecular weight excluding hydrogens is 412 g/mol. The van der Waals surface area contributed by atoms with E-state index in [9.17, 15) is 18.4 Å². The molecule has 30 heavy (non-hydrogen) atoms. The van der Waals surface area contributed by atoms with Gasteiger partial charge in [-0.1, -0.05) is 18.2 Å². The van der Waals surface area contributed by atoms with Crippen LogP contribution < -0.4 is 5.32 Å². The van der Waals surface area contributed by atoms with E-state index in [4.69, 9.17) is 4.74 Å². The monoisotopic (exact) mass is 427 g/mol. The van der Waals surface area contributed by atoms with Crippen molar-refractivity contribution in [2.24, 2.45) is 0 Å². The molecule has 4 aromatic rings. The third kappa shape index (κ3) is 3.92. The Morgan fingerprint density at radius 3 is 2.63 bits per heavy atom. The Labute approximate surface area is 173 Å². The molecule has 9 heteroatoms. The van der Waals surface area contributed by atoms with Crippen molar-refractivity contribution in [3.8, 4) is 5.69 Å². The molecule has 1 amide bonds. The summed E-state index contributed by atoms with van der Waals surface area (Å²) in [5.41, 5.74) is 1.42. The summed E-state index contributed by atoms with van der Waals surface area (Å²) in [7, 11) is 0. The number of amides is 1. The number of aromatic nitrogens is 2. The van der Waals surface area contributed by atoms with E-state index in [0.717, 1.165) is 33.7 Å². The average molecular weight is 427 g/mol. The maximum atomic E-state index is 13.6. The lowest BCUT2D eigenvalue weighted by Crippen LogP contribution is -2.21. The van der Waals surface area contributed by atoms with Gasteiger partial charge in [0.25, 0.3) is 5.91 Å². The molecular formula is C21H15F2N3O3S. The number of halogens is 2. The number of hydrogen-bond donors (Lipinski definition) is 1. The standard InChI is InChI=1S/C21H15F2N3O3S/c1-12-15-10-18(30-20(15)26(25-12)14-5-3-2-4-6-14)21(28)29-11-19(27)24-17-8-7-13(22)9-16(17)23/h2-10H,11H2,1H3,(H,24,27). The SMILES string of the molecule is Cc1nn(-c2ccccc2)c2sc(C(=O)OCC(=O)Nc3ccc(F)cc3F)cc12. The number of fused-ring (bicyclic) bond motifs is 1. The van der Waals surface area contributed by atoms with Gasteiger partial charge in [0.2, 0.25) is 0 Å². The number of aryl methyl sites for hydroxylation is 1. The fraction of sp³-hybridized carbons (Fsp3) is 0.0952. The van der Waals surface area contributed by atoms with Crippen molar-refractivity contribution in [1.29, 1.82) is 0 Å². The number of benzene rings is 2. The quantitative estimate of drug-likeness (QED) is 0.477. The van der Waals surface area contributed by atoms with Gasteiger partial charge in [-0.2, -0.15) is 5.10 Å². The highest BCUT2D eigenvalue weighted by Gasteiger charge is 2.19. The lowest BCUT2D eigenvalue weighted by Gasteiger charge is -2.07. The van der Waals surface area contributed by atoms with Gasteiger partial charge >= 0.3 is 5.97 Å². The zero-order chi connectivity index (χ0) is 21.3. The predicted molar refractivity (Wildman–Crippen MR) is 109 cm³/mol. The van der Waals surface area contributed by atoms with Crippen LogP contribution in [-0.2, 0) is 9.53 Å². The van der Waals surface area contributed by atoms with E-state index < -0.39 is 30.1 Å². The first-order valence-electron chi connectivity index (χ1n) is 8.89. The van der Waals surface area contributed by atoms with E-state index in [1.165, 1.54) is 11.3 Å². The number of anilines is 1. The first kappa shape index (κ1) is 19.7. The van der Waals surface area contributed by atoms with Crippen LogP contribution in [0.4, 0.5) is 14.5 Å². The molecule has 2 aromatic heterocycles. The second-order valence-corrected chi connectivity index (χ2v) is 7.44. The number of carbonyl (C=O) groups is 2. The van der Waals surface area contributed by atoms with Gasteiger partial charge in [0.05, 0.1) is 17.1 Å². The fourth-order valence-corrected chi connectivity index (χ4v) is 3.95. The highest BCUT2D eigenvalue weighted by Crippen LogP contribution is 2.30. The molecule has 4 rings (SSSR count). The third-order valence-electron chi connectivity index (χ3n) is 4.29. The lowest BCUT2D eigenvalue weighted by atomic mass is 10.3. The highest BCUT2D eigenvalue weighted by molar-refractivity contribution is 7.20. The Kier molecular flexibility index (Phi) is 5.28. The topological polar surface area (TPSA) is 73.2 Å². The molecule has 2 aromatic carbocycles.